The van der Waals surface area contributed by atoms with Gasteiger partial charge in [0.2, 0.25) is 0 Å². The van der Waals surface area contributed by atoms with Crippen LogP contribution < -0.4 is 10.5 Å². The molecule has 0 aromatic heterocycles. The second kappa shape index (κ2) is 8.40. The van der Waals surface area contributed by atoms with Crippen molar-refractivity contribution >= 4 is 0 Å². The molecule has 1 rings (SSSR count). The van der Waals surface area contributed by atoms with Crippen LogP contribution in [0.3, 0.4) is 0 Å². The SMILES string of the molecule is CCCC(CC)(CN)N(C)C(C)Cc1ccccc1OC. The Morgan fingerprint density at radius 3 is 2.48 bits per heavy atom. The Hall–Kier alpha value is -1.06. The molecule has 0 saturated heterocycles. The number of para-hydroxylation sites is 1. The Kier molecular flexibility index (Phi) is 7.20. The lowest BCUT2D eigenvalue weighted by atomic mass is 9.87. The molecule has 0 heterocycles. The smallest absolute Gasteiger partial charge is 0.122 e. The summed E-state index contributed by atoms with van der Waals surface area (Å²) in [5.41, 5.74) is 7.50. The van der Waals surface area contributed by atoms with Crippen LogP contribution in [-0.2, 0) is 6.42 Å². The number of rotatable bonds is 9. The second-order valence-corrected chi connectivity index (χ2v) is 6.01. The van der Waals surface area contributed by atoms with Crippen molar-refractivity contribution in [3.8, 4) is 5.75 Å². The summed E-state index contributed by atoms with van der Waals surface area (Å²) in [6, 6.07) is 8.70. The lowest BCUT2D eigenvalue weighted by molar-refractivity contribution is 0.0708. The van der Waals surface area contributed by atoms with Crippen molar-refractivity contribution in [3.05, 3.63) is 29.8 Å². The fourth-order valence-corrected chi connectivity index (χ4v) is 3.25. The third-order valence-electron chi connectivity index (χ3n) is 4.87. The van der Waals surface area contributed by atoms with E-state index in [1.807, 2.05) is 12.1 Å². The summed E-state index contributed by atoms with van der Waals surface area (Å²) in [5.74, 6) is 0.975. The van der Waals surface area contributed by atoms with Gasteiger partial charge in [-0.3, -0.25) is 4.90 Å². The first-order valence-corrected chi connectivity index (χ1v) is 8.09. The maximum Gasteiger partial charge on any atom is 0.122 e. The van der Waals surface area contributed by atoms with Gasteiger partial charge in [-0.2, -0.15) is 0 Å². The monoisotopic (exact) mass is 292 g/mol. The molecule has 0 spiro atoms. The van der Waals surface area contributed by atoms with E-state index in [1.165, 1.54) is 5.56 Å². The van der Waals surface area contributed by atoms with Crippen LogP contribution in [0.2, 0.25) is 0 Å². The first kappa shape index (κ1) is 18.0. The molecule has 0 radical (unpaired) electrons. The van der Waals surface area contributed by atoms with Crippen LogP contribution >= 0.6 is 0 Å². The quantitative estimate of drug-likeness (QED) is 0.757. The zero-order chi connectivity index (χ0) is 15.9. The standard InChI is InChI=1S/C18H32N2O/c1-6-12-18(7-2,14-19)20(4)15(3)13-16-10-8-9-11-17(16)21-5/h8-11,15H,6-7,12-14,19H2,1-5H3. The van der Waals surface area contributed by atoms with Crippen molar-refractivity contribution in [3.63, 3.8) is 0 Å². The number of nitrogens with two attached hydrogens (primary N) is 1. The first-order valence-electron chi connectivity index (χ1n) is 8.09. The van der Waals surface area contributed by atoms with Crippen molar-refractivity contribution in [1.82, 2.24) is 4.90 Å². The van der Waals surface area contributed by atoms with Gasteiger partial charge in [0.25, 0.3) is 0 Å². The van der Waals surface area contributed by atoms with Gasteiger partial charge in [-0.1, -0.05) is 38.5 Å². The van der Waals surface area contributed by atoms with Gasteiger partial charge in [0, 0.05) is 18.1 Å². The van der Waals surface area contributed by atoms with Crippen molar-refractivity contribution in [2.75, 3.05) is 20.7 Å². The van der Waals surface area contributed by atoms with Crippen molar-refractivity contribution in [2.24, 2.45) is 5.73 Å². The van der Waals surface area contributed by atoms with E-state index in [0.29, 0.717) is 12.6 Å². The molecule has 0 bridgehead atoms. The summed E-state index contributed by atoms with van der Waals surface area (Å²) in [6.07, 6.45) is 4.37. The maximum absolute atomic E-state index is 6.13. The zero-order valence-corrected chi connectivity index (χ0v) is 14.4. The molecule has 2 atom stereocenters. The van der Waals surface area contributed by atoms with E-state index in [9.17, 15) is 0 Å². The van der Waals surface area contributed by atoms with Crippen LogP contribution in [0.15, 0.2) is 24.3 Å². The van der Waals surface area contributed by atoms with E-state index in [1.54, 1.807) is 7.11 Å². The van der Waals surface area contributed by atoms with Gasteiger partial charge < -0.3 is 10.5 Å². The summed E-state index contributed by atoms with van der Waals surface area (Å²) in [5, 5.41) is 0. The third-order valence-corrected chi connectivity index (χ3v) is 4.87. The minimum atomic E-state index is 0.107. The number of nitrogens with zero attached hydrogens (tertiary/aromatic N) is 1. The molecule has 1 aromatic carbocycles. The molecule has 0 aliphatic heterocycles. The van der Waals surface area contributed by atoms with E-state index in [4.69, 9.17) is 10.5 Å². The molecule has 1 aromatic rings. The molecule has 3 heteroatoms. The van der Waals surface area contributed by atoms with Gasteiger partial charge in [-0.05, 0) is 44.9 Å². The fraction of sp³-hybridized carbons (Fsp3) is 0.667. The lowest BCUT2D eigenvalue weighted by Crippen LogP contribution is -2.55. The summed E-state index contributed by atoms with van der Waals surface area (Å²) in [7, 11) is 3.95. The number of ether oxygens (including phenoxy) is 1. The molecule has 120 valence electrons. The van der Waals surface area contributed by atoms with Crippen LogP contribution in [0.1, 0.15) is 45.6 Å². The normalized spacial score (nSPS) is 15.8. The summed E-state index contributed by atoms with van der Waals surface area (Å²) < 4.78 is 5.47. The van der Waals surface area contributed by atoms with E-state index in [0.717, 1.165) is 31.4 Å². The van der Waals surface area contributed by atoms with E-state index >= 15 is 0 Å². The highest BCUT2D eigenvalue weighted by Gasteiger charge is 2.33. The number of hydrogen-bond donors (Lipinski definition) is 1. The van der Waals surface area contributed by atoms with Gasteiger partial charge in [0.1, 0.15) is 5.75 Å². The van der Waals surface area contributed by atoms with E-state index in [2.05, 4.69) is 44.9 Å². The highest BCUT2D eigenvalue weighted by molar-refractivity contribution is 5.33. The van der Waals surface area contributed by atoms with Gasteiger partial charge >= 0.3 is 0 Å². The molecule has 2 unspecified atom stereocenters. The highest BCUT2D eigenvalue weighted by Crippen LogP contribution is 2.28. The highest BCUT2D eigenvalue weighted by atomic mass is 16.5. The van der Waals surface area contributed by atoms with Gasteiger partial charge in [0.15, 0.2) is 0 Å². The Morgan fingerprint density at radius 1 is 1.29 bits per heavy atom. The average molecular weight is 292 g/mol. The Balaban J connectivity index is 2.88. The predicted molar refractivity (Wildman–Crippen MR) is 90.9 cm³/mol. The second-order valence-electron chi connectivity index (χ2n) is 6.01. The molecule has 0 fully saturated rings. The van der Waals surface area contributed by atoms with Crippen LogP contribution in [0.4, 0.5) is 0 Å². The van der Waals surface area contributed by atoms with E-state index in [-0.39, 0.29) is 5.54 Å². The average Bonchev–Trinajstić information content (AvgIpc) is 2.52. The number of methoxy groups -OCH3 is 1. The van der Waals surface area contributed by atoms with Crippen LogP contribution in [-0.4, -0.2) is 37.2 Å². The maximum atomic E-state index is 6.13. The molecule has 0 saturated carbocycles. The minimum absolute atomic E-state index is 0.107. The lowest BCUT2D eigenvalue weighted by Gasteiger charge is -2.44. The van der Waals surface area contributed by atoms with Crippen LogP contribution in [0.25, 0.3) is 0 Å². The fourth-order valence-electron chi connectivity index (χ4n) is 3.25. The summed E-state index contributed by atoms with van der Waals surface area (Å²) >= 11 is 0. The summed E-state index contributed by atoms with van der Waals surface area (Å²) in [6.45, 7) is 7.47. The zero-order valence-electron chi connectivity index (χ0n) is 14.4. The summed E-state index contributed by atoms with van der Waals surface area (Å²) in [4.78, 5) is 2.48. The predicted octanol–water partition coefficient (Wildman–Crippen LogP) is 3.47. The molecule has 0 aliphatic carbocycles. The molecule has 2 N–H and O–H groups in total. The Labute approximate surface area is 130 Å². The third kappa shape index (κ3) is 4.21. The number of hydrogen-bond acceptors (Lipinski definition) is 3. The Bertz CT molecular complexity index is 415. The van der Waals surface area contributed by atoms with Crippen molar-refractivity contribution in [1.29, 1.82) is 0 Å². The van der Waals surface area contributed by atoms with Crippen LogP contribution in [0, 0.1) is 0 Å². The first-order chi connectivity index (χ1) is 10.0. The topological polar surface area (TPSA) is 38.5 Å². The van der Waals surface area contributed by atoms with Crippen molar-refractivity contribution < 1.29 is 4.74 Å². The Morgan fingerprint density at radius 2 is 1.95 bits per heavy atom. The van der Waals surface area contributed by atoms with E-state index < -0.39 is 0 Å². The van der Waals surface area contributed by atoms with Gasteiger partial charge in [-0.15, -0.1) is 0 Å². The molecule has 3 nitrogen and oxygen atoms in total. The van der Waals surface area contributed by atoms with Crippen LogP contribution in [0.5, 0.6) is 5.75 Å². The van der Waals surface area contributed by atoms with Crippen molar-refractivity contribution in [2.45, 2.75) is 58.0 Å². The molecular formula is C18H32N2O. The molecule has 21 heavy (non-hydrogen) atoms. The molecule has 0 amide bonds. The largest absolute Gasteiger partial charge is 0.496 e. The minimum Gasteiger partial charge on any atom is -0.496 e. The van der Waals surface area contributed by atoms with Gasteiger partial charge in [-0.25, -0.2) is 0 Å². The van der Waals surface area contributed by atoms with Gasteiger partial charge in [0.05, 0.1) is 7.11 Å². The number of benzene rings is 1. The molecule has 0 aliphatic rings. The molecular weight excluding hydrogens is 260 g/mol. The number of likely N-dealkylation sites (N-methyl/N-ethyl adjacent to an activating group) is 1.